The van der Waals surface area contributed by atoms with Gasteiger partial charge in [-0.1, -0.05) is 24.3 Å². The summed E-state index contributed by atoms with van der Waals surface area (Å²) in [7, 11) is 2.15. The molecule has 0 amide bonds. The first kappa shape index (κ1) is 17.8. The normalized spacial score (nSPS) is 15.2. The Labute approximate surface area is 168 Å². The predicted molar refractivity (Wildman–Crippen MR) is 112 cm³/mol. The van der Waals surface area contributed by atoms with Gasteiger partial charge < -0.3 is 9.80 Å². The molecule has 1 aliphatic heterocycles. The standard InChI is InChI=1S/C22H21FN6/c1-28-10-12-29(13-11-28)16-8-6-15(7-9-16)20-21-19(26-27-20)14-24-22(25-21)17-4-2-3-5-18(17)23/h2-9,14H,10-13H2,1H3,(H,26,27). The van der Waals surface area contributed by atoms with Gasteiger partial charge in [0.1, 0.15) is 22.5 Å². The highest BCUT2D eigenvalue weighted by Crippen LogP contribution is 2.29. The zero-order chi connectivity index (χ0) is 19.8. The fourth-order valence-corrected chi connectivity index (χ4v) is 3.68. The highest BCUT2D eigenvalue weighted by atomic mass is 19.1. The van der Waals surface area contributed by atoms with E-state index in [-0.39, 0.29) is 5.82 Å². The van der Waals surface area contributed by atoms with Crippen LogP contribution in [0, 0.1) is 5.82 Å². The van der Waals surface area contributed by atoms with E-state index in [1.807, 2.05) is 0 Å². The van der Waals surface area contributed by atoms with E-state index in [0.29, 0.717) is 16.9 Å². The molecule has 0 atom stereocenters. The lowest BCUT2D eigenvalue weighted by Gasteiger charge is -2.34. The van der Waals surface area contributed by atoms with Crippen LogP contribution >= 0.6 is 0 Å². The molecule has 0 aliphatic carbocycles. The van der Waals surface area contributed by atoms with Gasteiger partial charge >= 0.3 is 0 Å². The number of piperazine rings is 1. The summed E-state index contributed by atoms with van der Waals surface area (Å²) < 4.78 is 14.2. The van der Waals surface area contributed by atoms with Crippen molar-refractivity contribution in [2.45, 2.75) is 0 Å². The largest absolute Gasteiger partial charge is 0.369 e. The molecular formula is C22H21FN6. The SMILES string of the molecule is CN1CCN(c2ccc(-c3n[nH]c4cnc(-c5ccccc5F)nc34)cc2)CC1. The quantitative estimate of drug-likeness (QED) is 0.581. The van der Waals surface area contributed by atoms with E-state index in [9.17, 15) is 4.39 Å². The molecule has 7 heteroatoms. The molecule has 2 aromatic carbocycles. The average molecular weight is 388 g/mol. The van der Waals surface area contributed by atoms with Crippen LogP contribution in [0.15, 0.2) is 54.7 Å². The van der Waals surface area contributed by atoms with Gasteiger partial charge in [-0.2, -0.15) is 5.10 Å². The molecule has 2 aromatic heterocycles. The summed E-state index contributed by atoms with van der Waals surface area (Å²) in [5.41, 5.74) is 4.71. The van der Waals surface area contributed by atoms with E-state index in [1.165, 1.54) is 11.8 Å². The molecule has 1 fully saturated rings. The second-order valence-corrected chi connectivity index (χ2v) is 7.35. The van der Waals surface area contributed by atoms with Gasteiger partial charge in [-0.3, -0.25) is 5.10 Å². The third-order valence-corrected chi connectivity index (χ3v) is 5.43. The Hall–Kier alpha value is -3.32. The van der Waals surface area contributed by atoms with E-state index in [0.717, 1.165) is 43.0 Å². The van der Waals surface area contributed by atoms with Gasteiger partial charge in [-0.05, 0) is 31.3 Å². The summed E-state index contributed by atoms with van der Waals surface area (Å²) in [6, 6.07) is 14.9. The van der Waals surface area contributed by atoms with E-state index in [2.05, 4.69) is 61.3 Å². The highest BCUT2D eigenvalue weighted by Gasteiger charge is 2.16. The van der Waals surface area contributed by atoms with E-state index in [1.54, 1.807) is 24.4 Å². The average Bonchev–Trinajstić information content (AvgIpc) is 3.18. The van der Waals surface area contributed by atoms with Crippen LogP contribution in [0.1, 0.15) is 0 Å². The first-order valence-corrected chi connectivity index (χ1v) is 9.69. The molecule has 0 unspecified atom stereocenters. The Morgan fingerprint density at radius 1 is 0.966 bits per heavy atom. The van der Waals surface area contributed by atoms with E-state index in [4.69, 9.17) is 0 Å². The molecule has 1 N–H and O–H groups in total. The van der Waals surface area contributed by atoms with Crippen LogP contribution in [-0.2, 0) is 0 Å². The van der Waals surface area contributed by atoms with E-state index >= 15 is 0 Å². The molecule has 3 heterocycles. The molecule has 0 radical (unpaired) electrons. The molecule has 1 saturated heterocycles. The second kappa shape index (κ2) is 7.25. The summed E-state index contributed by atoms with van der Waals surface area (Å²) in [5, 5.41) is 7.41. The third-order valence-electron chi connectivity index (χ3n) is 5.43. The van der Waals surface area contributed by atoms with Crippen molar-refractivity contribution in [3.8, 4) is 22.6 Å². The van der Waals surface area contributed by atoms with Gasteiger partial charge in [-0.25, -0.2) is 14.4 Å². The summed E-state index contributed by atoms with van der Waals surface area (Å²) in [6.45, 7) is 4.20. The van der Waals surface area contributed by atoms with Gasteiger partial charge in [-0.15, -0.1) is 0 Å². The topological polar surface area (TPSA) is 60.9 Å². The molecule has 0 bridgehead atoms. The lowest BCUT2D eigenvalue weighted by Crippen LogP contribution is -2.44. The maximum Gasteiger partial charge on any atom is 0.162 e. The van der Waals surface area contributed by atoms with Crippen molar-refractivity contribution in [3.05, 3.63) is 60.5 Å². The van der Waals surface area contributed by atoms with Crippen molar-refractivity contribution in [1.29, 1.82) is 0 Å². The Morgan fingerprint density at radius 2 is 1.72 bits per heavy atom. The Balaban J connectivity index is 1.49. The number of H-pyrrole nitrogens is 1. The number of nitrogens with one attached hydrogen (secondary N) is 1. The Morgan fingerprint density at radius 3 is 2.48 bits per heavy atom. The molecule has 29 heavy (non-hydrogen) atoms. The molecule has 0 saturated carbocycles. The van der Waals surface area contributed by atoms with Crippen LogP contribution < -0.4 is 4.90 Å². The lowest BCUT2D eigenvalue weighted by molar-refractivity contribution is 0.313. The summed E-state index contributed by atoms with van der Waals surface area (Å²) >= 11 is 0. The number of benzene rings is 2. The number of fused-ring (bicyclic) bond motifs is 1. The minimum absolute atomic E-state index is 0.339. The number of aromatic nitrogens is 4. The number of anilines is 1. The molecule has 0 spiro atoms. The summed E-state index contributed by atoms with van der Waals surface area (Å²) in [5.74, 6) is 0.0146. The van der Waals surface area contributed by atoms with Crippen LogP contribution in [0.25, 0.3) is 33.7 Å². The summed E-state index contributed by atoms with van der Waals surface area (Å²) in [6.07, 6.45) is 1.65. The van der Waals surface area contributed by atoms with Crippen molar-refractivity contribution >= 4 is 16.7 Å². The monoisotopic (exact) mass is 388 g/mol. The van der Waals surface area contributed by atoms with Gasteiger partial charge in [0.2, 0.25) is 0 Å². The smallest absolute Gasteiger partial charge is 0.162 e. The minimum Gasteiger partial charge on any atom is -0.369 e. The van der Waals surface area contributed by atoms with E-state index < -0.39 is 0 Å². The predicted octanol–water partition coefficient (Wildman–Crippen LogP) is 3.58. The second-order valence-electron chi connectivity index (χ2n) is 7.35. The number of hydrogen-bond donors (Lipinski definition) is 1. The molecular weight excluding hydrogens is 367 g/mol. The van der Waals surface area contributed by atoms with Crippen LogP contribution in [0.3, 0.4) is 0 Å². The Bertz CT molecular complexity index is 1150. The van der Waals surface area contributed by atoms with Crippen LogP contribution in [-0.4, -0.2) is 58.3 Å². The van der Waals surface area contributed by atoms with Gasteiger partial charge in [0, 0.05) is 37.4 Å². The number of hydrogen-bond acceptors (Lipinski definition) is 5. The minimum atomic E-state index is -0.339. The van der Waals surface area contributed by atoms with Gasteiger partial charge in [0.25, 0.3) is 0 Å². The molecule has 6 nitrogen and oxygen atoms in total. The number of halogens is 1. The zero-order valence-corrected chi connectivity index (χ0v) is 16.1. The third kappa shape index (κ3) is 3.34. The molecule has 1 aliphatic rings. The van der Waals surface area contributed by atoms with Crippen molar-refractivity contribution in [1.82, 2.24) is 25.1 Å². The maximum absolute atomic E-state index is 14.2. The molecule has 4 aromatic rings. The number of likely N-dealkylation sites (N-methyl/N-ethyl adjacent to an activating group) is 1. The fraction of sp³-hybridized carbons (Fsp3) is 0.227. The van der Waals surface area contributed by atoms with Crippen LogP contribution in [0.5, 0.6) is 0 Å². The number of rotatable bonds is 3. The molecule has 146 valence electrons. The van der Waals surface area contributed by atoms with Gasteiger partial charge in [0.15, 0.2) is 5.82 Å². The Kier molecular flexibility index (Phi) is 4.44. The first-order valence-electron chi connectivity index (χ1n) is 9.69. The summed E-state index contributed by atoms with van der Waals surface area (Å²) in [4.78, 5) is 13.6. The lowest BCUT2D eigenvalue weighted by atomic mass is 10.1. The van der Waals surface area contributed by atoms with Crippen LogP contribution in [0.2, 0.25) is 0 Å². The number of nitrogens with zero attached hydrogens (tertiary/aromatic N) is 5. The maximum atomic E-state index is 14.2. The molecule has 5 rings (SSSR count). The van der Waals surface area contributed by atoms with Crippen molar-refractivity contribution in [3.63, 3.8) is 0 Å². The zero-order valence-electron chi connectivity index (χ0n) is 16.1. The highest BCUT2D eigenvalue weighted by molar-refractivity contribution is 5.90. The van der Waals surface area contributed by atoms with Crippen molar-refractivity contribution in [2.24, 2.45) is 0 Å². The first-order chi connectivity index (χ1) is 14.2. The van der Waals surface area contributed by atoms with Crippen molar-refractivity contribution < 1.29 is 4.39 Å². The van der Waals surface area contributed by atoms with Gasteiger partial charge in [0.05, 0.1) is 11.8 Å². The number of aromatic amines is 1. The van der Waals surface area contributed by atoms with Crippen molar-refractivity contribution in [2.75, 3.05) is 38.1 Å². The fourth-order valence-electron chi connectivity index (χ4n) is 3.68. The van der Waals surface area contributed by atoms with Crippen LogP contribution in [0.4, 0.5) is 10.1 Å².